The van der Waals surface area contributed by atoms with E-state index in [1.54, 1.807) is 0 Å². The van der Waals surface area contributed by atoms with Crippen molar-refractivity contribution in [2.24, 2.45) is 11.1 Å². The zero-order chi connectivity index (χ0) is 13.2. The average molecular weight is 272 g/mol. The summed E-state index contributed by atoms with van der Waals surface area (Å²) in [5.41, 5.74) is 5.43. The van der Waals surface area contributed by atoms with Gasteiger partial charge in [0.25, 0.3) is 0 Å². The third kappa shape index (κ3) is 2.83. The number of ether oxygens (including phenoxy) is 1. The van der Waals surface area contributed by atoms with Gasteiger partial charge in [-0.05, 0) is 31.9 Å². The summed E-state index contributed by atoms with van der Waals surface area (Å²) in [7, 11) is 0. The Bertz CT molecular complexity index is 313. The highest BCUT2D eigenvalue weighted by molar-refractivity contribution is 7.99. The molecule has 1 saturated heterocycles. The molecule has 4 nitrogen and oxygen atoms in total. The molecule has 0 spiro atoms. The number of carbonyl (C=O) groups is 1. The van der Waals surface area contributed by atoms with Gasteiger partial charge in [0.15, 0.2) is 0 Å². The highest BCUT2D eigenvalue weighted by Crippen LogP contribution is 2.32. The molecule has 2 aliphatic rings. The van der Waals surface area contributed by atoms with E-state index in [0.29, 0.717) is 24.5 Å². The number of thioether (sulfide) groups is 1. The molecule has 0 bridgehead atoms. The summed E-state index contributed by atoms with van der Waals surface area (Å²) in [5.74, 6) is 1.22. The lowest BCUT2D eigenvalue weighted by Gasteiger charge is -2.27. The molecule has 0 aromatic carbocycles. The maximum atomic E-state index is 12.3. The van der Waals surface area contributed by atoms with E-state index in [2.05, 4.69) is 12.2 Å². The molecular formula is C13H24N2O2S. The van der Waals surface area contributed by atoms with Crippen molar-refractivity contribution in [3.8, 4) is 0 Å². The van der Waals surface area contributed by atoms with Crippen molar-refractivity contribution in [1.82, 2.24) is 5.32 Å². The average Bonchev–Trinajstić information content (AvgIpc) is 2.89. The van der Waals surface area contributed by atoms with Crippen LogP contribution in [0.3, 0.4) is 0 Å². The first-order chi connectivity index (χ1) is 8.56. The Balaban J connectivity index is 1.85. The molecule has 2 fully saturated rings. The third-order valence-electron chi connectivity index (χ3n) is 4.16. The van der Waals surface area contributed by atoms with Gasteiger partial charge in [0.2, 0.25) is 5.91 Å². The molecule has 1 aliphatic carbocycles. The lowest BCUT2D eigenvalue weighted by atomic mass is 9.84. The SMILES string of the molecule is CCSC1CCC(NC(=O)C2(C)COCC2N)C1. The van der Waals surface area contributed by atoms with Crippen molar-refractivity contribution in [3.63, 3.8) is 0 Å². The minimum atomic E-state index is -0.546. The van der Waals surface area contributed by atoms with Crippen molar-refractivity contribution in [3.05, 3.63) is 0 Å². The minimum absolute atomic E-state index is 0.0691. The van der Waals surface area contributed by atoms with E-state index < -0.39 is 5.41 Å². The zero-order valence-corrected chi connectivity index (χ0v) is 12.1. The van der Waals surface area contributed by atoms with Gasteiger partial charge in [0.1, 0.15) is 0 Å². The second-order valence-corrected chi connectivity index (χ2v) is 7.18. The van der Waals surface area contributed by atoms with Crippen molar-refractivity contribution < 1.29 is 9.53 Å². The Morgan fingerprint density at radius 2 is 2.33 bits per heavy atom. The highest BCUT2D eigenvalue weighted by atomic mass is 32.2. The molecule has 1 aliphatic heterocycles. The molecule has 3 N–H and O–H groups in total. The molecule has 5 heteroatoms. The third-order valence-corrected chi connectivity index (χ3v) is 5.39. The summed E-state index contributed by atoms with van der Waals surface area (Å²) in [6, 6.07) is 0.144. The van der Waals surface area contributed by atoms with E-state index in [0.717, 1.165) is 18.6 Å². The van der Waals surface area contributed by atoms with Crippen LogP contribution in [0.1, 0.15) is 33.1 Å². The summed E-state index contributed by atoms with van der Waals surface area (Å²) >= 11 is 2.00. The highest BCUT2D eigenvalue weighted by Gasteiger charge is 2.45. The fourth-order valence-electron chi connectivity index (χ4n) is 2.73. The molecule has 0 radical (unpaired) electrons. The lowest BCUT2D eigenvalue weighted by molar-refractivity contribution is -0.131. The summed E-state index contributed by atoms with van der Waals surface area (Å²) in [6.45, 7) is 5.03. The maximum absolute atomic E-state index is 12.3. The summed E-state index contributed by atoms with van der Waals surface area (Å²) in [6.07, 6.45) is 3.40. The fraction of sp³-hybridized carbons (Fsp3) is 0.923. The number of nitrogens with two attached hydrogens (primary N) is 1. The van der Waals surface area contributed by atoms with Gasteiger partial charge in [-0.25, -0.2) is 0 Å². The predicted molar refractivity (Wildman–Crippen MR) is 74.6 cm³/mol. The van der Waals surface area contributed by atoms with Crippen LogP contribution in [0.2, 0.25) is 0 Å². The topological polar surface area (TPSA) is 64.3 Å². The number of nitrogens with one attached hydrogen (secondary N) is 1. The van der Waals surface area contributed by atoms with Gasteiger partial charge < -0.3 is 15.8 Å². The molecule has 4 atom stereocenters. The van der Waals surface area contributed by atoms with Crippen molar-refractivity contribution in [1.29, 1.82) is 0 Å². The van der Waals surface area contributed by atoms with E-state index in [1.165, 1.54) is 6.42 Å². The van der Waals surface area contributed by atoms with Gasteiger partial charge in [-0.1, -0.05) is 6.92 Å². The molecular weight excluding hydrogens is 248 g/mol. The van der Waals surface area contributed by atoms with Crippen LogP contribution in [-0.2, 0) is 9.53 Å². The van der Waals surface area contributed by atoms with Gasteiger partial charge in [0.05, 0.1) is 18.6 Å². The molecule has 18 heavy (non-hydrogen) atoms. The Kier molecular flexibility index (Phi) is 4.56. The first-order valence-corrected chi connectivity index (χ1v) is 7.87. The monoisotopic (exact) mass is 272 g/mol. The van der Waals surface area contributed by atoms with Crippen LogP contribution in [0.15, 0.2) is 0 Å². The van der Waals surface area contributed by atoms with Gasteiger partial charge >= 0.3 is 0 Å². The van der Waals surface area contributed by atoms with Crippen LogP contribution < -0.4 is 11.1 Å². The Morgan fingerprint density at radius 1 is 1.56 bits per heavy atom. The van der Waals surface area contributed by atoms with Gasteiger partial charge in [0, 0.05) is 17.3 Å². The van der Waals surface area contributed by atoms with E-state index in [9.17, 15) is 4.79 Å². The number of rotatable bonds is 4. The largest absolute Gasteiger partial charge is 0.379 e. The molecule has 2 rings (SSSR count). The van der Waals surface area contributed by atoms with Crippen molar-refractivity contribution in [2.75, 3.05) is 19.0 Å². The molecule has 4 unspecified atom stereocenters. The molecule has 104 valence electrons. The van der Waals surface area contributed by atoms with E-state index in [1.807, 2.05) is 18.7 Å². The number of hydrogen-bond acceptors (Lipinski definition) is 4. The second-order valence-electron chi connectivity index (χ2n) is 5.60. The van der Waals surface area contributed by atoms with Crippen LogP contribution in [0.25, 0.3) is 0 Å². The van der Waals surface area contributed by atoms with E-state index in [4.69, 9.17) is 10.5 Å². The summed E-state index contributed by atoms with van der Waals surface area (Å²) in [5, 5.41) is 3.88. The van der Waals surface area contributed by atoms with Crippen LogP contribution >= 0.6 is 11.8 Å². The number of carbonyl (C=O) groups excluding carboxylic acids is 1. The van der Waals surface area contributed by atoms with E-state index in [-0.39, 0.29) is 11.9 Å². The Morgan fingerprint density at radius 3 is 2.94 bits per heavy atom. The van der Waals surface area contributed by atoms with Crippen LogP contribution in [0.5, 0.6) is 0 Å². The van der Waals surface area contributed by atoms with Gasteiger partial charge in [-0.3, -0.25) is 4.79 Å². The summed E-state index contributed by atoms with van der Waals surface area (Å²) in [4.78, 5) is 12.3. The van der Waals surface area contributed by atoms with Crippen molar-refractivity contribution >= 4 is 17.7 Å². The first kappa shape index (κ1) is 14.2. The van der Waals surface area contributed by atoms with Crippen LogP contribution in [0, 0.1) is 5.41 Å². The molecule has 0 aromatic heterocycles. The van der Waals surface area contributed by atoms with E-state index >= 15 is 0 Å². The van der Waals surface area contributed by atoms with Gasteiger partial charge in [-0.2, -0.15) is 11.8 Å². The molecule has 1 saturated carbocycles. The Labute approximate surface area is 113 Å². The maximum Gasteiger partial charge on any atom is 0.230 e. The fourth-order valence-corrected chi connectivity index (χ4v) is 3.87. The summed E-state index contributed by atoms with van der Waals surface area (Å²) < 4.78 is 5.33. The normalized spacial score (nSPS) is 40.1. The van der Waals surface area contributed by atoms with Gasteiger partial charge in [-0.15, -0.1) is 0 Å². The predicted octanol–water partition coefficient (Wildman–Crippen LogP) is 1.14. The number of hydrogen-bond donors (Lipinski definition) is 2. The molecule has 0 aromatic rings. The minimum Gasteiger partial charge on any atom is -0.379 e. The van der Waals surface area contributed by atoms with Crippen molar-refractivity contribution in [2.45, 2.75) is 50.4 Å². The Hall–Kier alpha value is -0.260. The quantitative estimate of drug-likeness (QED) is 0.805. The second kappa shape index (κ2) is 5.80. The standard InChI is InChI=1S/C13H24N2O2S/c1-3-18-10-5-4-9(6-10)15-12(16)13(2)8-17-7-11(13)14/h9-11H,3-8,14H2,1-2H3,(H,15,16). The molecule has 1 heterocycles. The smallest absolute Gasteiger partial charge is 0.230 e. The number of amides is 1. The first-order valence-electron chi connectivity index (χ1n) is 6.82. The van der Waals surface area contributed by atoms with Crippen LogP contribution in [-0.4, -0.2) is 42.2 Å². The van der Waals surface area contributed by atoms with Crippen LogP contribution in [0.4, 0.5) is 0 Å². The molecule has 1 amide bonds. The lowest BCUT2D eigenvalue weighted by Crippen LogP contribution is -2.52. The zero-order valence-electron chi connectivity index (χ0n) is 11.3.